The van der Waals surface area contributed by atoms with E-state index >= 15 is 0 Å². The van der Waals surface area contributed by atoms with Crippen molar-refractivity contribution in [2.45, 2.75) is 6.92 Å². The molecule has 0 aliphatic carbocycles. The highest BCUT2D eigenvalue weighted by atomic mass is 16.5. The van der Waals surface area contributed by atoms with E-state index in [4.69, 9.17) is 4.74 Å². The van der Waals surface area contributed by atoms with E-state index in [0.29, 0.717) is 19.7 Å². The zero-order chi connectivity index (χ0) is 7.11. The standard InChI is InChI=1S/C5H12N2O2/c1-3-7(6-8)4-5-9-2/h3-5H2,1-2H3. The van der Waals surface area contributed by atoms with Gasteiger partial charge in [-0.25, -0.2) is 0 Å². The molecule has 0 spiro atoms. The molecule has 0 bridgehead atoms. The van der Waals surface area contributed by atoms with Gasteiger partial charge in [-0.1, -0.05) is 0 Å². The Balaban J connectivity index is 3.20. The lowest BCUT2D eigenvalue weighted by Crippen LogP contribution is -2.20. The van der Waals surface area contributed by atoms with E-state index in [1.165, 1.54) is 5.01 Å². The van der Waals surface area contributed by atoms with Gasteiger partial charge < -0.3 is 4.74 Å². The molecule has 0 saturated heterocycles. The fourth-order valence-electron chi connectivity index (χ4n) is 0.453. The fourth-order valence-corrected chi connectivity index (χ4v) is 0.453. The first kappa shape index (κ1) is 8.36. The molecule has 0 radical (unpaired) electrons. The molecule has 0 unspecified atom stereocenters. The third kappa shape index (κ3) is 3.90. The first-order valence-electron chi connectivity index (χ1n) is 2.92. The highest BCUT2D eigenvalue weighted by Crippen LogP contribution is 1.85. The second kappa shape index (κ2) is 5.50. The minimum absolute atomic E-state index is 0.555. The summed E-state index contributed by atoms with van der Waals surface area (Å²) >= 11 is 0. The molecular formula is C5H12N2O2. The number of rotatable bonds is 5. The molecule has 0 heterocycles. The summed E-state index contributed by atoms with van der Waals surface area (Å²) in [5, 5.41) is 4.15. The number of methoxy groups -OCH3 is 1. The van der Waals surface area contributed by atoms with Gasteiger partial charge in [0.2, 0.25) is 0 Å². The van der Waals surface area contributed by atoms with Crippen molar-refractivity contribution in [2.75, 3.05) is 26.8 Å². The monoisotopic (exact) mass is 132 g/mol. The lowest BCUT2D eigenvalue weighted by molar-refractivity contribution is 0.152. The number of hydrogen-bond acceptors (Lipinski definition) is 3. The lowest BCUT2D eigenvalue weighted by atomic mass is 10.6. The number of likely N-dealkylation sites (N-methyl/N-ethyl adjacent to an activating group) is 1. The second-order valence-electron chi connectivity index (χ2n) is 1.62. The Morgan fingerprint density at radius 1 is 1.67 bits per heavy atom. The van der Waals surface area contributed by atoms with Gasteiger partial charge >= 0.3 is 0 Å². The molecule has 54 valence electrons. The van der Waals surface area contributed by atoms with Gasteiger partial charge in [0, 0.05) is 13.7 Å². The third-order valence-electron chi connectivity index (χ3n) is 1.03. The quantitative estimate of drug-likeness (QED) is 0.407. The van der Waals surface area contributed by atoms with Crippen molar-refractivity contribution in [1.29, 1.82) is 0 Å². The van der Waals surface area contributed by atoms with Crippen LogP contribution < -0.4 is 0 Å². The highest BCUT2D eigenvalue weighted by molar-refractivity contribution is 4.44. The predicted molar refractivity (Wildman–Crippen MR) is 34.9 cm³/mol. The van der Waals surface area contributed by atoms with E-state index in [2.05, 4.69) is 5.29 Å². The normalized spacial score (nSPS) is 9.11. The van der Waals surface area contributed by atoms with Gasteiger partial charge in [0.15, 0.2) is 0 Å². The molecule has 0 aromatic carbocycles. The van der Waals surface area contributed by atoms with Crippen molar-refractivity contribution in [3.63, 3.8) is 0 Å². The Bertz CT molecular complexity index is 77.4. The van der Waals surface area contributed by atoms with Crippen LogP contribution in [0.25, 0.3) is 0 Å². The van der Waals surface area contributed by atoms with Gasteiger partial charge in [0.05, 0.1) is 18.4 Å². The van der Waals surface area contributed by atoms with Crippen molar-refractivity contribution >= 4 is 0 Å². The molecule has 9 heavy (non-hydrogen) atoms. The van der Waals surface area contributed by atoms with Crippen LogP contribution in [0.2, 0.25) is 0 Å². The number of hydrogen-bond donors (Lipinski definition) is 0. The van der Waals surface area contributed by atoms with Crippen LogP contribution in [0.15, 0.2) is 5.29 Å². The van der Waals surface area contributed by atoms with Crippen molar-refractivity contribution < 1.29 is 4.74 Å². The van der Waals surface area contributed by atoms with Crippen molar-refractivity contribution in [1.82, 2.24) is 5.01 Å². The van der Waals surface area contributed by atoms with E-state index in [1.807, 2.05) is 6.92 Å². The zero-order valence-electron chi connectivity index (χ0n) is 5.83. The van der Waals surface area contributed by atoms with Crippen LogP contribution in [-0.4, -0.2) is 31.8 Å². The van der Waals surface area contributed by atoms with Gasteiger partial charge in [-0.05, 0) is 6.92 Å². The molecule has 0 aliphatic rings. The van der Waals surface area contributed by atoms with E-state index < -0.39 is 0 Å². The molecule has 0 aromatic rings. The predicted octanol–water partition coefficient (Wildman–Crippen LogP) is 0.636. The average molecular weight is 132 g/mol. The smallest absolute Gasteiger partial charge is 0.0655 e. The van der Waals surface area contributed by atoms with Crippen LogP contribution in [0.5, 0.6) is 0 Å². The van der Waals surface area contributed by atoms with Gasteiger partial charge in [0.1, 0.15) is 0 Å². The van der Waals surface area contributed by atoms with Gasteiger partial charge in [0.25, 0.3) is 0 Å². The van der Waals surface area contributed by atoms with E-state index in [1.54, 1.807) is 7.11 Å². The number of ether oxygens (including phenoxy) is 1. The van der Waals surface area contributed by atoms with Gasteiger partial charge in [-0.15, -0.1) is 4.91 Å². The Morgan fingerprint density at radius 2 is 2.33 bits per heavy atom. The first-order valence-corrected chi connectivity index (χ1v) is 2.92. The highest BCUT2D eigenvalue weighted by Gasteiger charge is 1.95. The molecule has 0 atom stereocenters. The van der Waals surface area contributed by atoms with Crippen molar-refractivity contribution in [2.24, 2.45) is 5.29 Å². The topological polar surface area (TPSA) is 41.9 Å². The summed E-state index contributed by atoms with van der Waals surface area (Å²) in [7, 11) is 1.60. The summed E-state index contributed by atoms with van der Waals surface area (Å²) in [6.45, 7) is 3.65. The van der Waals surface area contributed by atoms with Crippen LogP contribution >= 0.6 is 0 Å². The summed E-state index contributed by atoms with van der Waals surface area (Å²) in [5.74, 6) is 0. The summed E-state index contributed by atoms with van der Waals surface area (Å²) in [6.07, 6.45) is 0. The third-order valence-corrected chi connectivity index (χ3v) is 1.03. The Morgan fingerprint density at radius 3 is 2.67 bits per heavy atom. The van der Waals surface area contributed by atoms with E-state index in [9.17, 15) is 4.91 Å². The molecule has 4 nitrogen and oxygen atoms in total. The maximum Gasteiger partial charge on any atom is 0.0655 e. The summed E-state index contributed by atoms with van der Waals surface area (Å²) in [6, 6.07) is 0. The summed E-state index contributed by atoms with van der Waals surface area (Å²) < 4.78 is 4.74. The van der Waals surface area contributed by atoms with E-state index in [-0.39, 0.29) is 0 Å². The Labute approximate surface area is 54.7 Å². The molecule has 4 heteroatoms. The van der Waals surface area contributed by atoms with Crippen LogP contribution in [0.1, 0.15) is 6.92 Å². The van der Waals surface area contributed by atoms with Gasteiger partial charge in [-0.3, -0.25) is 5.01 Å². The van der Waals surface area contributed by atoms with Gasteiger partial charge in [-0.2, -0.15) is 0 Å². The summed E-state index contributed by atoms with van der Waals surface area (Å²) in [5.41, 5.74) is 0. The molecule has 0 amide bonds. The van der Waals surface area contributed by atoms with Crippen LogP contribution in [0, 0.1) is 4.91 Å². The maximum atomic E-state index is 9.86. The summed E-state index contributed by atoms with van der Waals surface area (Å²) in [4.78, 5) is 9.86. The lowest BCUT2D eigenvalue weighted by Gasteiger charge is -2.10. The van der Waals surface area contributed by atoms with Crippen LogP contribution in [0.3, 0.4) is 0 Å². The number of nitroso groups, excluding NO2 is 1. The van der Waals surface area contributed by atoms with E-state index in [0.717, 1.165) is 0 Å². The largest absolute Gasteiger partial charge is 0.383 e. The minimum atomic E-state index is 0.555. The number of nitrogens with zero attached hydrogens (tertiary/aromatic N) is 2. The SMILES string of the molecule is CCN(CCOC)N=O. The Hall–Kier alpha value is -0.640. The zero-order valence-corrected chi connectivity index (χ0v) is 5.83. The van der Waals surface area contributed by atoms with Crippen molar-refractivity contribution in [3.05, 3.63) is 4.91 Å². The van der Waals surface area contributed by atoms with Crippen LogP contribution in [-0.2, 0) is 4.74 Å². The molecular weight excluding hydrogens is 120 g/mol. The minimum Gasteiger partial charge on any atom is -0.383 e. The first-order chi connectivity index (χ1) is 4.35. The van der Waals surface area contributed by atoms with Crippen molar-refractivity contribution in [3.8, 4) is 0 Å². The molecule has 0 N–H and O–H groups in total. The average Bonchev–Trinajstić information content (AvgIpc) is 1.91. The molecule has 0 aliphatic heterocycles. The molecule has 0 saturated carbocycles. The Kier molecular flexibility index (Phi) is 5.11. The molecule has 0 fully saturated rings. The van der Waals surface area contributed by atoms with Crippen LogP contribution in [0.4, 0.5) is 0 Å². The molecule has 0 rings (SSSR count). The maximum absolute atomic E-state index is 9.86. The molecule has 0 aromatic heterocycles. The second-order valence-corrected chi connectivity index (χ2v) is 1.62. The fraction of sp³-hybridized carbons (Fsp3) is 1.00.